The Hall–Kier alpha value is -4.76. The molecule has 0 bridgehead atoms. The van der Waals surface area contributed by atoms with Crippen LogP contribution in [0, 0.1) is 11.3 Å². The number of nitrogens with zero attached hydrogens (tertiary/aromatic N) is 7. The van der Waals surface area contributed by atoms with E-state index in [1.807, 2.05) is 26.8 Å². The van der Waals surface area contributed by atoms with Crippen LogP contribution in [0.15, 0.2) is 73.5 Å². The molecule has 0 aliphatic heterocycles. The summed E-state index contributed by atoms with van der Waals surface area (Å²) in [5.41, 5.74) is -0.498. The van der Waals surface area contributed by atoms with E-state index in [1.165, 1.54) is 4.52 Å². The Bertz CT molecular complexity index is 2230. The molecule has 0 radical (unpaired) electrons. The maximum Gasteiger partial charge on any atom is 0.296 e. The number of nitriles is 1. The fourth-order valence-corrected chi connectivity index (χ4v) is 5.30. The topological polar surface area (TPSA) is 225 Å². The molecule has 210 valence electrons. The molecule has 5 rings (SSSR count). The number of hydrogen-bond donors (Lipinski definition) is 3. The standard InChI is InChI=1S/C24H20N8O7S2/c1-24(2,3)20-19(22-27-23(33)15-6-4-5-7-16(15)32(22)30-20)28-29-21-13(11-25)12-26-31(21)17-10-14(40(34,35)36)8-9-18(17)41(37,38)39/h4-10,12H,1-3H3,(H,27,33)(H,34,35,36)(H,37,38,39). The van der Waals surface area contributed by atoms with Crippen molar-refractivity contribution < 1.29 is 25.9 Å². The third-order valence-corrected chi connectivity index (χ3v) is 7.77. The Labute approximate surface area is 231 Å². The fraction of sp³-hybridized carbons (Fsp3) is 0.167. The van der Waals surface area contributed by atoms with Crippen molar-refractivity contribution >= 4 is 48.3 Å². The van der Waals surface area contributed by atoms with E-state index in [4.69, 9.17) is 0 Å². The van der Waals surface area contributed by atoms with Crippen LogP contribution in [0.2, 0.25) is 0 Å². The molecule has 0 aliphatic carbocycles. The van der Waals surface area contributed by atoms with Crippen molar-refractivity contribution in [3.05, 3.63) is 70.3 Å². The average molecular weight is 597 g/mol. The molecule has 2 aromatic carbocycles. The van der Waals surface area contributed by atoms with Gasteiger partial charge in [0.25, 0.3) is 25.8 Å². The average Bonchev–Trinajstić information content (AvgIpc) is 3.47. The van der Waals surface area contributed by atoms with Crippen LogP contribution in [0.3, 0.4) is 0 Å². The van der Waals surface area contributed by atoms with Crippen LogP contribution in [-0.2, 0) is 25.7 Å². The maximum absolute atomic E-state index is 12.8. The van der Waals surface area contributed by atoms with E-state index in [9.17, 15) is 36.0 Å². The lowest BCUT2D eigenvalue weighted by molar-refractivity contribution is 0.477. The molecule has 0 atom stereocenters. The van der Waals surface area contributed by atoms with Crippen molar-refractivity contribution in [2.75, 3.05) is 0 Å². The molecular weight excluding hydrogens is 576 g/mol. The Kier molecular flexibility index (Phi) is 6.38. The normalized spacial score (nSPS) is 12.9. The molecule has 41 heavy (non-hydrogen) atoms. The Morgan fingerprint density at radius 2 is 1.73 bits per heavy atom. The van der Waals surface area contributed by atoms with Gasteiger partial charge in [-0.3, -0.25) is 13.9 Å². The van der Waals surface area contributed by atoms with Gasteiger partial charge in [0.15, 0.2) is 17.2 Å². The number of benzene rings is 2. The molecule has 0 aliphatic rings. The quantitative estimate of drug-likeness (QED) is 0.198. The number of hydrogen-bond acceptors (Lipinski definition) is 10. The van der Waals surface area contributed by atoms with Gasteiger partial charge >= 0.3 is 0 Å². The van der Waals surface area contributed by atoms with Gasteiger partial charge in [-0.05, 0) is 30.3 Å². The zero-order valence-electron chi connectivity index (χ0n) is 21.5. The minimum absolute atomic E-state index is 0.138. The molecule has 3 heterocycles. The molecule has 0 saturated carbocycles. The van der Waals surface area contributed by atoms with Crippen molar-refractivity contribution in [2.45, 2.75) is 36.0 Å². The van der Waals surface area contributed by atoms with Crippen LogP contribution >= 0.6 is 0 Å². The van der Waals surface area contributed by atoms with Crippen LogP contribution in [0.5, 0.6) is 0 Å². The first kappa shape index (κ1) is 27.8. The monoisotopic (exact) mass is 596 g/mol. The van der Waals surface area contributed by atoms with Crippen LogP contribution in [0.25, 0.3) is 22.2 Å². The van der Waals surface area contributed by atoms with E-state index < -0.39 is 46.7 Å². The second kappa shape index (κ2) is 9.42. The fourth-order valence-electron chi connectivity index (χ4n) is 4.15. The number of nitrogens with one attached hydrogen (secondary N) is 1. The van der Waals surface area contributed by atoms with E-state index in [-0.39, 0.29) is 22.7 Å². The van der Waals surface area contributed by atoms with Gasteiger partial charge < -0.3 is 4.98 Å². The Balaban J connectivity index is 1.80. The minimum Gasteiger partial charge on any atom is -0.304 e. The summed E-state index contributed by atoms with van der Waals surface area (Å²) in [5.74, 6) is -0.341. The van der Waals surface area contributed by atoms with Crippen LogP contribution < -0.4 is 5.56 Å². The molecule has 0 unspecified atom stereocenters. The third kappa shape index (κ3) is 4.89. The van der Waals surface area contributed by atoms with E-state index in [0.29, 0.717) is 16.6 Å². The highest BCUT2D eigenvalue weighted by Crippen LogP contribution is 2.36. The lowest BCUT2D eigenvalue weighted by Gasteiger charge is -2.15. The van der Waals surface area contributed by atoms with Gasteiger partial charge in [-0.25, -0.2) is 9.20 Å². The molecule has 15 nitrogen and oxygen atoms in total. The summed E-state index contributed by atoms with van der Waals surface area (Å²) in [6.07, 6.45) is 1.03. The van der Waals surface area contributed by atoms with Gasteiger partial charge in [-0.1, -0.05) is 32.9 Å². The van der Waals surface area contributed by atoms with Crippen molar-refractivity contribution in [2.24, 2.45) is 10.2 Å². The zero-order chi connectivity index (χ0) is 29.9. The van der Waals surface area contributed by atoms with Gasteiger partial charge in [0.05, 0.1) is 33.4 Å². The second-order valence-corrected chi connectivity index (χ2v) is 12.7. The van der Waals surface area contributed by atoms with Gasteiger partial charge in [0, 0.05) is 5.41 Å². The summed E-state index contributed by atoms with van der Waals surface area (Å²) in [4.78, 5) is 14.1. The second-order valence-electron chi connectivity index (χ2n) is 9.86. The highest BCUT2D eigenvalue weighted by atomic mass is 32.2. The van der Waals surface area contributed by atoms with E-state index in [0.717, 1.165) is 29.1 Å². The van der Waals surface area contributed by atoms with Gasteiger partial charge in [0.2, 0.25) is 0 Å². The smallest absolute Gasteiger partial charge is 0.296 e. The van der Waals surface area contributed by atoms with E-state index >= 15 is 0 Å². The summed E-state index contributed by atoms with van der Waals surface area (Å²) in [5, 5.41) is 27.1. The van der Waals surface area contributed by atoms with Crippen LogP contribution in [-0.4, -0.2) is 50.3 Å². The first-order chi connectivity index (χ1) is 19.1. The molecule has 3 N–H and O–H groups in total. The SMILES string of the molecule is CC(C)(C)c1nn2c([nH]c(=O)c3ccccc32)c1N=Nc1c(C#N)cnn1-c1cc(S(=O)(=O)O)ccc1S(=O)(=O)O. The molecule has 0 amide bonds. The molecule has 3 aromatic heterocycles. The van der Waals surface area contributed by atoms with Crippen LogP contribution in [0.1, 0.15) is 32.0 Å². The summed E-state index contributed by atoms with van der Waals surface area (Å²) >= 11 is 0. The number of aromatic nitrogens is 5. The summed E-state index contributed by atoms with van der Waals surface area (Å²) in [6, 6.07) is 10.9. The number of H-pyrrole nitrogens is 1. The third-order valence-electron chi connectivity index (χ3n) is 6.02. The molecule has 0 spiro atoms. The van der Waals surface area contributed by atoms with Crippen LogP contribution in [0.4, 0.5) is 11.5 Å². The number of para-hydroxylation sites is 1. The molecule has 5 aromatic rings. The largest absolute Gasteiger partial charge is 0.304 e. The highest BCUT2D eigenvalue weighted by molar-refractivity contribution is 7.86. The molecule has 0 saturated heterocycles. The minimum atomic E-state index is -4.94. The van der Waals surface area contributed by atoms with E-state index in [2.05, 4.69) is 25.4 Å². The number of aromatic amines is 1. The lowest BCUT2D eigenvalue weighted by Crippen LogP contribution is -2.12. The number of azo groups is 1. The van der Waals surface area contributed by atoms with Crippen molar-refractivity contribution in [1.29, 1.82) is 5.26 Å². The first-order valence-corrected chi connectivity index (χ1v) is 14.5. The molecular formula is C24H20N8O7S2. The summed E-state index contributed by atoms with van der Waals surface area (Å²) < 4.78 is 69.3. The lowest BCUT2D eigenvalue weighted by atomic mass is 9.91. The van der Waals surface area contributed by atoms with Crippen molar-refractivity contribution in [3.63, 3.8) is 0 Å². The Morgan fingerprint density at radius 3 is 2.37 bits per heavy atom. The maximum atomic E-state index is 12.8. The number of fused-ring (bicyclic) bond motifs is 3. The summed E-state index contributed by atoms with van der Waals surface area (Å²) in [6.45, 7) is 5.58. The highest BCUT2D eigenvalue weighted by Gasteiger charge is 2.28. The molecule has 17 heteroatoms. The van der Waals surface area contributed by atoms with Crippen molar-refractivity contribution in [3.8, 4) is 11.8 Å². The number of rotatable bonds is 5. The molecule has 0 fully saturated rings. The van der Waals surface area contributed by atoms with Crippen molar-refractivity contribution in [1.82, 2.24) is 24.4 Å². The van der Waals surface area contributed by atoms with E-state index in [1.54, 1.807) is 24.3 Å². The van der Waals surface area contributed by atoms with Gasteiger partial charge in [-0.15, -0.1) is 10.2 Å². The van der Waals surface area contributed by atoms with Gasteiger partial charge in [-0.2, -0.15) is 32.3 Å². The predicted octanol–water partition coefficient (Wildman–Crippen LogP) is 3.44. The Morgan fingerprint density at radius 1 is 1.02 bits per heavy atom. The summed E-state index contributed by atoms with van der Waals surface area (Å²) in [7, 11) is -9.75. The first-order valence-electron chi connectivity index (χ1n) is 11.6. The zero-order valence-corrected chi connectivity index (χ0v) is 23.1. The van der Waals surface area contributed by atoms with Gasteiger partial charge in [0.1, 0.15) is 16.5 Å². The predicted molar refractivity (Wildman–Crippen MR) is 144 cm³/mol.